The van der Waals surface area contributed by atoms with E-state index in [4.69, 9.17) is 9.47 Å². The summed E-state index contributed by atoms with van der Waals surface area (Å²) in [4.78, 5) is 0. The summed E-state index contributed by atoms with van der Waals surface area (Å²) in [5, 5.41) is 3.43. The molecule has 0 radical (unpaired) electrons. The predicted molar refractivity (Wildman–Crippen MR) is 90.3 cm³/mol. The van der Waals surface area contributed by atoms with Crippen molar-refractivity contribution in [1.82, 2.24) is 5.32 Å². The lowest BCUT2D eigenvalue weighted by Gasteiger charge is -2.21. The molecule has 2 aromatic rings. The molecule has 0 spiro atoms. The van der Waals surface area contributed by atoms with Crippen molar-refractivity contribution in [3.63, 3.8) is 0 Å². The number of hydrogen-bond acceptors (Lipinski definition) is 3. The molecule has 0 aliphatic carbocycles. The van der Waals surface area contributed by atoms with Gasteiger partial charge >= 0.3 is 0 Å². The lowest BCUT2D eigenvalue weighted by molar-refractivity contribution is -0.00000666. The Bertz CT molecular complexity index is 656. The number of nitrogens with one attached hydrogen (secondary N) is 1. The van der Waals surface area contributed by atoms with Crippen LogP contribution in [0, 0.1) is 5.82 Å². The van der Waals surface area contributed by atoms with Crippen LogP contribution in [0.25, 0.3) is 0 Å². The van der Waals surface area contributed by atoms with Crippen LogP contribution in [0.5, 0.6) is 11.5 Å². The van der Waals surface area contributed by atoms with E-state index in [9.17, 15) is 4.39 Å². The number of ether oxygens (including phenoxy) is 2. The molecule has 132 valence electrons. The maximum atomic E-state index is 13.6. The maximum absolute atomic E-state index is 13.6. The lowest BCUT2D eigenvalue weighted by atomic mass is 10.1. The SMILES string of the molecule is COc1cc(CNC(C)(C)C)ccc1OCc1ccccc1F.[Cl-]. The first-order valence-electron chi connectivity index (χ1n) is 7.67. The highest BCUT2D eigenvalue weighted by molar-refractivity contribution is 5.43. The summed E-state index contributed by atoms with van der Waals surface area (Å²) in [6, 6.07) is 12.4. The van der Waals surface area contributed by atoms with Gasteiger partial charge in [-0.25, -0.2) is 4.39 Å². The Hall–Kier alpha value is -1.78. The third-order valence-electron chi connectivity index (χ3n) is 3.39. The number of methoxy groups -OCH3 is 1. The van der Waals surface area contributed by atoms with Crippen LogP contribution in [-0.4, -0.2) is 12.6 Å². The van der Waals surface area contributed by atoms with Gasteiger partial charge in [-0.1, -0.05) is 24.3 Å². The topological polar surface area (TPSA) is 30.5 Å². The molecule has 0 saturated heterocycles. The minimum absolute atomic E-state index is 0. The fourth-order valence-corrected chi connectivity index (χ4v) is 2.08. The van der Waals surface area contributed by atoms with Crippen molar-refractivity contribution >= 4 is 0 Å². The number of benzene rings is 2. The largest absolute Gasteiger partial charge is 1.00 e. The summed E-state index contributed by atoms with van der Waals surface area (Å²) in [5.41, 5.74) is 1.68. The van der Waals surface area contributed by atoms with Crippen LogP contribution in [0.15, 0.2) is 42.5 Å². The molecule has 0 fully saturated rings. The van der Waals surface area contributed by atoms with Gasteiger partial charge in [0.15, 0.2) is 11.5 Å². The van der Waals surface area contributed by atoms with Gasteiger partial charge in [0.2, 0.25) is 0 Å². The van der Waals surface area contributed by atoms with E-state index in [-0.39, 0.29) is 30.4 Å². The molecule has 0 bridgehead atoms. The predicted octanol–water partition coefficient (Wildman–Crippen LogP) is 1.31. The van der Waals surface area contributed by atoms with Gasteiger partial charge < -0.3 is 27.2 Å². The Balaban J connectivity index is 0.00000288. The van der Waals surface area contributed by atoms with Crippen LogP contribution >= 0.6 is 0 Å². The van der Waals surface area contributed by atoms with E-state index in [1.165, 1.54) is 6.07 Å². The van der Waals surface area contributed by atoms with Gasteiger partial charge in [0.1, 0.15) is 12.4 Å². The molecule has 0 unspecified atom stereocenters. The Morgan fingerprint density at radius 3 is 2.38 bits per heavy atom. The zero-order chi connectivity index (χ0) is 16.9. The van der Waals surface area contributed by atoms with Gasteiger partial charge in [-0.05, 0) is 44.5 Å². The summed E-state index contributed by atoms with van der Waals surface area (Å²) in [6.45, 7) is 7.28. The van der Waals surface area contributed by atoms with Gasteiger partial charge in [-0.2, -0.15) is 0 Å². The van der Waals surface area contributed by atoms with Crippen molar-refractivity contribution in [2.75, 3.05) is 7.11 Å². The molecule has 0 amide bonds. The van der Waals surface area contributed by atoms with E-state index < -0.39 is 0 Å². The average Bonchev–Trinajstić information content (AvgIpc) is 2.52. The lowest BCUT2D eigenvalue weighted by Crippen LogP contribution is -3.00. The van der Waals surface area contributed by atoms with Gasteiger partial charge in [0.05, 0.1) is 7.11 Å². The standard InChI is InChI=1S/C19H24FNO2.ClH/c1-19(2,3)21-12-14-9-10-17(18(11-14)22-4)23-13-15-7-5-6-8-16(15)20;/h5-11,21H,12-13H2,1-4H3;1H/p-1. The molecule has 24 heavy (non-hydrogen) atoms. The van der Waals surface area contributed by atoms with E-state index >= 15 is 0 Å². The van der Waals surface area contributed by atoms with Crippen LogP contribution in [0.2, 0.25) is 0 Å². The molecule has 0 aliphatic heterocycles. The molecule has 3 nitrogen and oxygen atoms in total. The molecular weight excluding hydrogens is 329 g/mol. The van der Waals surface area contributed by atoms with Crippen LogP contribution < -0.4 is 27.2 Å². The summed E-state index contributed by atoms with van der Waals surface area (Å²) < 4.78 is 24.7. The van der Waals surface area contributed by atoms with Gasteiger partial charge in [0.25, 0.3) is 0 Å². The van der Waals surface area contributed by atoms with Crippen molar-refractivity contribution in [2.24, 2.45) is 0 Å². The van der Waals surface area contributed by atoms with Crippen molar-refractivity contribution in [1.29, 1.82) is 0 Å². The maximum Gasteiger partial charge on any atom is 0.161 e. The molecule has 0 aliphatic rings. The Kier molecular flexibility index (Phi) is 7.52. The Morgan fingerprint density at radius 2 is 1.75 bits per heavy atom. The third-order valence-corrected chi connectivity index (χ3v) is 3.39. The zero-order valence-corrected chi connectivity index (χ0v) is 15.3. The van der Waals surface area contributed by atoms with Gasteiger partial charge in [-0.3, -0.25) is 0 Å². The average molecular weight is 353 g/mol. The number of hydrogen-bond donors (Lipinski definition) is 1. The molecule has 0 heterocycles. The molecule has 2 aromatic carbocycles. The van der Waals surface area contributed by atoms with E-state index in [1.54, 1.807) is 25.3 Å². The van der Waals surface area contributed by atoms with E-state index in [0.717, 1.165) is 12.1 Å². The Morgan fingerprint density at radius 1 is 1.04 bits per heavy atom. The summed E-state index contributed by atoms with van der Waals surface area (Å²) in [6.07, 6.45) is 0. The monoisotopic (exact) mass is 352 g/mol. The molecule has 5 heteroatoms. The van der Waals surface area contributed by atoms with Gasteiger partial charge in [-0.15, -0.1) is 0 Å². The van der Waals surface area contributed by atoms with Crippen LogP contribution in [0.1, 0.15) is 31.9 Å². The second kappa shape index (κ2) is 8.90. The summed E-state index contributed by atoms with van der Waals surface area (Å²) in [5.74, 6) is 0.988. The zero-order valence-electron chi connectivity index (χ0n) is 14.5. The van der Waals surface area contributed by atoms with Crippen molar-refractivity contribution in [2.45, 2.75) is 39.5 Å². The van der Waals surface area contributed by atoms with Crippen molar-refractivity contribution in [3.8, 4) is 11.5 Å². The number of rotatable bonds is 6. The molecular formula is C19H24ClFNO2-. The fourth-order valence-electron chi connectivity index (χ4n) is 2.08. The van der Waals surface area contributed by atoms with E-state index in [2.05, 4.69) is 26.1 Å². The van der Waals surface area contributed by atoms with Crippen molar-refractivity contribution in [3.05, 3.63) is 59.4 Å². The molecule has 2 rings (SSSR count). The second-order valence-electron chi connectivity index (χ2n) is 6.47. The molecule has 0 aromatic heterocycles. The fraction of sp³-hybridized carbons (Fsp3) is 0.368. The molecule has 1 N–H and O–H groups in total. The first kappa shape index (κ1) is 20.3. The quantitative estimate of drug-likeness (QED) is 0.850. The Labute approximate surface area is 149 Å². The second-order valence-corrected chi connectivity index (χ2v) is 6.47. The highest BCUT2D eigenvalue weighted by Gasteiger charge is 2.11. The first-order chi connectivity index (χ1) is 10.9. The normalized spacial score (nSPS) is 10.9. The molecule has 0 saturated carbocycles. The van der Waals surface area contributed by atoms with Crippen LogP contribution in [0.3, 0.4) is 0 Å². The summed E-state index contributed by atoms with van der Waals surface area (Å²) in [7, 11) is 1.60. The van der Waals surface area contributed by atoms with Crippen LogP contribution in [0.4, 0.5) is 4.39 Å². The van der Waals surface area contributed by atoms with Crippen LogP contribution in [-0.2, 0) is 13.2 Å². The van der Waals surface area contributed by atoms with Gasteiger partial charge in [0, 0.05) is 17.6 Å². The first-order valence-corrected chi connectivity index (χ1v) is 7.67. The highest BCUT2D eigenvalue weighted by atomic mass is 35.5. The molecule has 0 atom stereocenters. The van der Waals surface area contributed by atoms with E-state index in [1.807, 2.05) is 18.2 Å². The third kappa shape index (κ3) is 6.02. The number of halogens is 2. The highest BCUT2D eigenvalue weighted by Crippen LogP contribution is 2.29. The van der Waals surface area contributed by atoms with E-state index in [0.29, 0.717) is 17.1 Å². The minimum Gasteiger partial charge on any atom is -1.00 e. The smallest absolute Gasteiger partial charge is 0.161 e. The summed E-state index contributed by atoms with van der Waals surface area (Å²) >= 11 is 0. The minimum atomic E-state index is -0.266. The van der Waals surface area contributed by atoms with Crippen molar-refractivity contribution < 1.29 is 26.3 Å².